The molecule has 0 atom stereocenters. The molecule has 0 bridgehead atoms. The first kappa shape index (κ1) is 25.5. The molecule has 1 aliphatic carbocycles. The number of hydrogen-bond acceptors (Lipinski definition) is 4. The van der Waals surface area contributed by atoms with E-state index in [1.807, 2.05) is 0 Å². The van der Waals surface area contributed by atoms with Gasteiger partial charge in [-0.15, -0.1) is 0 Å². The van der Waals surface area contributed by atoms with E-state index in [1.54, 1.807) is 0 Å². The SMILES string of the molecule is CN(C(=O)C1=C(Cl)CCC=C1F)c1ncc(-c2cc(C(=O)O)ccc2Cl)cc1OCC(F)(F)F. The van der Waals surface area contributed by atoms with E-state index in [9.17, 15) is 32.3 Å². The number of benzene rings is 1. The van der Waals surface area contributed by atoms with E-state index < -0.39 is 41.8 Å². The summed E-state index contributed by atoms with van der Waals surface area (Å²) in [6.07, 6.45) is -1.82. The summed E-state index contributed by atoms with van der Waals surface area (Å²) in [6, 6.07) is 4.92. The van der Waals surface area contributed by atoms with Gasteiger partial charge in [0.05, 0.1) is 11.1 Å². The standard InChI is InChI=1S/C22H16Cl2F4N2O4/c1-30(20(31)18-15(24)3-2-4-16(18)25)19-17(34-10-22(26,27)28)8-12(9-29-19)13-7-11(21(32)33)5-6-14(13)23/h4-9H,2-3,10H2,1H3,(H,32,33). The predicted molar refractivity (Wildman–Crippen MR) is 118 cm³/mol. The molecule has 1 N–H and O–H groups in total. The van der Waals surface area contributed by atoms with Gasteiger partial charge in [0.1, 0.15) is 5.83 Å². The number of aromatic carboxylic acids is 1. The molecule has 0 fully saturated rings. The average molecular weight is 519 g/mol. The van der Waals surface area contributed by atoms with Gasteiger partial charge in [-0.3, -0.25) is 9.69 Å². The van der Waals surface area contributed by atoms with E-state index in [4.69, 9.17) is 27.9 Å². The normalized spacial score (nSPS) is 14.0. The van der Waals surface area contributed by atoms with Gasteiger partial charge in [0.15, 0.2) is 18.2 Å². The number of anilines is 1. The molecule has 1 amide bonds. The number of rotatable bonds is 6. The number of hydrogen-bond donors (Lipinski definition) is 1. The number of carboxylic acids is 1. The maximum absolute atomic E-state index is 14.3. The molecule has 6 nitrogen and oxygen atoms in total. The summed E-state index contributed by atoms with van der Waals surface area (Å²) in [5.74, 6) is -3.81. The van der Waals surface area contributed by atoms with Gasteiger partial charge in [0, 0.05) is 34.4 Å². The number of halogens is 6. The van der Waals surface area contributed by atoms with E-state index >= 15 is 0 Å². The van der Waals surface area contributed by atoms with E-state index in [1.165, 1.54) is 37.5 Å². The minimum absolute atomic E-state index is 0.0245. The molecular formula is C22H16Cl2F4N2O4. The first-order valence-electron chi connectivity index (χ1n) is 9.64. The summed E-state index contributed by atoms with van der Waals surface area (Å²) in [5, 5.41) is 9.30. The van der Waals surface area contributed by atoms with Gasteiger partial charge >= 0.3 is 12.1 Å². The van der Waals surface area contributed by atoms with Gasteiger partial charge in [0.2, 0.25) is 0 Å². The number of amides is 1. The molecule has 3 rings (SSSR count). The van der Waals surface area contributed by atoms with Crippen molar-refractivity contribution in [2.75, 3.05) is 18.6 Å². The number of ether oxygens (including phenoxy) is 1. The predicted octanol–water partition coefficient (Wildman–Crippen LogP) is 6.14. The maximum atomic E-state index is 14.3. The second kappa shape index (κ2) is 10.0. The molecule has 1 aromatic carbocycles. The largest absolute Gasteiger partial charge is 0.480 e. The lowest BCUT2D eigenvalue weighted by atomic mass is 10.0. The monoisotopic (exact) mass is 518 g/mol. The van der Waals surface area contributed by atoms with Gasteiger partial charge in [0.25, 0.3) is 5.91 Å². The fourth-order valence-electron chi connectivity index (χ4n) is 3.15. The minimum atomic E-state index is -4.71. The Morgan fingerprint density at radius 2 is 1.94 bits per heavy atom. The highest BCUT2D eigenvalue weighted by Crippen LogP contribution is 2.37. The Hall–Kier alpha value is -3.11. The zero-order valence-corrected chi connectivity index (χ0v) is 18.9. The average Bonchev–Trinajstić information content (AvgIpc) is 2.76. The summed E-state index contributed by atoms with van der Waals surface area (Å²) in [4.78, 5) is 29.1. The lowest BCUT2D eigenvalue weighted by Gasteiger charge is -2.23. The molecule has 0 unspecified atom stereocenters. The Morgan fingerprint density at radius 1 is 1.24 bits per heavy atom. The van der Waals surface area contributed by atoms with Crippen molar-refractivity contribution in [2.24, 2.45) is 0 Å². The van der Waals surface area contributed by atoms with Crippen LogP contribution in [-0.2, 0) is 4.79 Å². The topological polar surface area (TPSA) is 79.7 Å². The summed E-state index contributed by atoms with van der Waals surface area (Å²) in [7, 11) is 1.18. The highest BCUT2D eigenvalue weighted by molar-refractivity contribution is 6.34. The smallest absolute Gasteiger partial charge is 0.422 e. The Labute approximate surface area is 201 Å². The zero-order valence-electron chi connectivity index (χ0n) is 17.4. The Kier molecular flexibility index (Phi) is 7.52. The van der Waals surface area contributed by atoms with Crippen molar-refractivity contribution in [3.63, 3.8) is 0 Å². The number of nitrogens with zero attached hydrogens (tertiary/aromatic N) is 2. The Morgan fingerprint density at radius 3 is 2.56 bits per heavy atom. The van der Waals surface area contributed by atoms with Crippen LogP contribution in [0.4, 0.5) is 23.4 Å². The third kappa shape index (κ3) is 5.68. The Bertz CT molecular complexity index is 1210. The van der Waals surface area contributed by atoms with Crippen molar-refractivity contribution in [2.45, 2.75) is 19.0 Å². The molecular weight excluding hydrogens is 503 g/mol. The molecule has 12 heteroatoms. The van der Waals surface area contributed by atoms with Crippen molar-refractivity contribution in [1.29, 1.82) is 0 Å². The van der Waals surface area contributed by atoms with E-state index in [-0.39, 0.29) is 39.0 Å². The van der Waals surface area contributed by atoms with Gasteiger partial charge in [-0.2, -0.15) is 13.2 Å². The highest BCUT2D eigenvalue weighted by Gasteiger charge is 2.31. The molecule has 0 radical (unpaired) electrons. The van der Waals surface area contributed by atoms with Crippen LogP contribution in [0, 0.1) is 0 Å². The molecule has 2 aromatic rings. The molecule has 0 spiro atoms. The first-order chi connectivity index (χ1) is 15.9. The number of carbonyl (C=O) groups is 2. The van der Waals surface area contributed by atoms with Crippen molar-refractivity contribution in [3.05, 3.63) is 63.6 Å². The number of aromatic nitrogens is 1. The van der Waals surface area contributed by atoms with Crippen molar-refractivity contribution >= 4 is 40.9 Å². The van der Waals surface area contributed by atoms with Crippen LogP contribution in [0.2, 0.25) is 5.02 Å². The minimum Gasteiger partial charge on any atom is -0.480 e. The summed E-state index contributed by atoms with van der Waals surface area (Å²) < 4.78 is 57.7. The van der Waals surface area contributed by atoms with Crippen LogP contribution in [0.15, 0.2) is 53.0 Å². The lowest BCUT2D eigenvalue weighted by molar-refractivity contribution is -0.153. The van der Waals surface area contributed by atoms with Crippen molar-refractivity contribution in [1.82, 2.24) is 4.98 Å². The van der Waals surface area contributed by atoms with E-state index in [0.29, 0.717) is 6.42 Å². The highest BCUT2D eigenvalue weighted by atomic mass is 35.5. The van der Waals surface area contributed by atoms with Gasteiger partial charge in [-0.05, 0) is 43.2 Å². The molecule has 0 saturated heterocycles. The third-order valence-electron chi connectivity index (χ3n) is 4.78. The van der Waals surface area contributed by atoms with Gasteiger partial charge in [-0.25, -0.2) is 14.2 Å². The number of alkyl halides is 3. The molecule has 0 saturated carbocycles. The number of allylic oxidation sites excluding steroid dienone is 2. The fourth-order valence-corrected chi connectivity index (χ4v) is 3.65. The van der Waals surface area contributed by atoms with Crippen LogP contribution < -0.4 is 9.64 Å². The maximum Gasteiger partial charge on any atom is 0.422 e. The molecule has 180 valence electrons. The van der Waals surface area contributed by atoms with E-state index in [0.717, 1.165) is 11.0 Å². The summed E-state index contributed by atoms with van der Waals surface area (Å²) in [6.45, 7) is -1.70. The first-order valence-corrected chi connectivity index (χ1v) is 10.4. The van der Waals surface area contributed by atoms with Crippen LogP contribution in [0.3, 0.4) is 0 Å². The second-order valence-electron chi connectivity index (χ2n) is 7.18. The van der Waals surface area contributed by atoms with Crippen LogP contribution in [0.5, 0.6) is 5.75 Å². The van der Waals surface area contributed by atoms with Crippen LogP contribution >= 0.6 is 23.2 Å². The Balaban J connectivity index is 2.07. The number of carboxylic acid groups (broad SMARTS) is 1. The molecule has 1 aromatic heterocycles. The van der Waals surface area contributed by atoms with Gasteiger partial charge in [-0.1, -0.05) is 23.2 Å². The van der Waals surface area contributed by atoms with E-state index in [2.05, 4.69) is 4.98 Å². The van der Waals surface area contributed by atoms with Crippen molar-refractivity contribution < 1.29 is 37.0 Å². The molecule has 1 heterocycles. The number of carbonyl (C=O) groups excluding carboxylic acids is 1. The zero-order chi connectivity index (χ0) is 25.2. The van der Waals surface area contributed by atoms with Gasteiger partial charge < -0.3 is 9.84 Å². The van der Waals surface area contributed by atoms with Crippen molar-refractivity contribution in [3.8, 4) is 16.9 Å². The third-order valence-corrected chi connectivity index (χ3v) is 5.49. The number of likely N-dealkylation sites (N-methyl/N-ethyl adjacent to an activating group) is 1. The van der Waals surface area contributed by atoms with Crippen LogP contribution in [-0.4, -0.2) is 41.8 Å². The molecule has 34 heavy (non-hydrogen) atoms. The number of pyridine rings is 1. The summed E-state index contributed by atoms with van der Waals surface area (Å²) in [5.41, 5.74) is -0.232. The van der Waals surface area contributed by atoms with Crippen LogP contribution in [0.25, 0.3) is 11.1 Å². The second-order valence-corrected chi connectivity index (χ2v) is 8.05. The molecule has 1 aliphatic rings. The fraction of sp³-hybridized carbons (Fsp3) is 0.227. The quantitative estimate of drug-likeness (QED) is 0.464. The lowest BCUT2D eigenvalue weighted by Crippen LogP contribution is -2.31. The van der Waals surface area contributed by atoms with Crippen LogP contribution in [0.1, 0.15) is 23.2 Å². The molecule has 0 aliphatic heterocycles. The summed E-state index contributed by atoms with van der Waals surface area (Å²) >= 11 is 12.2.